The van der Waals surface area contributed by atoms with Gasteiger partial charge in [-0.05, 0) is 72.2 Å². The van der Waals surface area contributed by atoms with Gasteiger partial charge in [0.25, 0.3) is 0 Å². The number of hydrogen-bond acceptors (Lipinski definition) is 9. The van der Waals surface area contributed by atoms with Crippen molar-refractivity contribution in [3.8, 4) is 5.75 Å². The molecule has 0 bridgehead atoms. The van der Waals surface area contributed by atoms with Crippen LogP contribution in [0.25, 0.3) is 10.9 Å². The summed E-state index contributed by atoms with van der Waals surface area (Å²) in [5.74, 6) is -4.58. The fraction of sp³-hybridized carbons (Fsp3) is 0.406. The lowest BCUT2D eigenvalue weighted by atomic mass is 9.77. The molecular formula is C32H36BrNO8. The number of pyridine rings is 1. The fourth-order valence-corrected chi connectivity index (χ4v) is 4.47. The van der Waals surface area contributed by atoms with E-state index in [2.05, 4.69) is 20.9 Å². The lowest BCUT2D eigenvalue weighted by Gasteiger charge is -2.33. The van der Waals surface area contributed by atoms with Crippen molar-refractivity contribution in [3.05, 3.63) is 70.3 Å². The third-order valence-corrected chi connectivity index (χ3v) is 6.51. The van der Waals surface area contributed by atoms with Crippen LogP contribution < -0.4 is 4.74 Å². The molecule has 0 aliphatic heterocycles. The quantitative estimate of drug-likeness (QED) is 0.107. The summed E-state index contributed by atoms with van der Waals surface area (Å²) in [7, 11) is 0. The predicted octanol–water partition coefficient (Wildman–Crippen LogP) is 6.38. The summed E-state index contributed by atoms with van der Waals surface area (Å²) in [6, 6.07) is 16.0. The molecule has 3 aromatic rings. The summed E-state index contributed by atoms with van der Waals surface area (Å²) >= 11 is 3.50. The zero-order valence-electron chi connectivity index (χ0n) is 24.9. The van der Waals surface area contributed by atoms with Gasteiger partial charge in [0.05, 0.1) is 18.5 Å². The molecule has 1 aromatic heterocycles. The second-order valence-corrected chi connectivity index (χ2v) is 12.5. The highest BCUT2D eigenvalue weighted by Gasteiger charge is 2.60. The van der Waals surface area contributed by atoms with Crippen LogP contribution in [-0.2, 0) is 35.2 Å². The van der Waals surface area contributed by atoms with E-state index in [4.69, 9.17) is 18.9 Å². The maximum atomic E-state index is 14.7. The van der Waals surface area contributed by atoms with Crippen LogP contribution in [0.2, 0.25) is 0 Å². The van der Waals surface area contributed by atoms with Gasteiger partial charge in [0.15, 0.2) is 5.69 Å². The van der Waals surface area contributed by atoms with Crippen molar-refractivity contribution in [2.24, 2.45) is 5.41 Å². The predicted molar refractivity (Wildman–Crippen MR) is 160 cm³/mol. The molecule has 0 saturated carbocycles. The molecule has 0 saturated heterocycles. The van der Waals surface area contributed by atoms with Crippen molar-refractivity contribution in [3.63, 3.8) is 0 Å². The number of carbonyl (C=O) groups is 4. The van der Waals surface area contributed by atoms with E-state index in [1.807, 2.05) is 30.3 Å². The summed E-state index contributed by atoms with van der Waals surface area (Å²) < 4.78 is 23.1. The molecular weight excluding hydrogens is 606 g/mol. The molecule has 0 unspecified atom stereocenters. The largest absolute Gasteiger partial charge is 0.486 e. The van der Waals surface area contributed by atoms with Crippen molar-refractivity contribution in [1.29, 1.82) is 0 Å². The Labute approximate surface area is 254 Å². The molecule has 2 aromatic carbocycles. The number of fused-ring (bicyclic) bond motifs is 1. The maximum Gasteiger partial charge on any atom is 0.332 e. The normalized spacial score (nSPS) is 12.0. The van der Waals surface area contributed by atoms with Gasteiger partial charge in [-0.1, -0.05) is 52.3 Å². The van der Waals surface area contributed by atoms with Crippen LogP contribution in [0.4, 0.5) is 0 Å². The average molecular weight is 643 g/mol. The third-order valence-electron chi connectivity index (χ3n) is 5.82. The SMILES string of the molecule is CCOC(=O)CC(C(=O)OC(C)(C)C)(C(=O)OC(C)(C)C)C(=O)c1nc2cccc(Br)c2cc1OCc1ccccc1. The second kappa shape index (κ2) is 13.0. The van der Waals surface area contributed by atoms with Crippen molar-refractivity contribution in [2.45, 2.75) is 72.7 Å². The van der Waals surface area contributed by atoms with Gasteiger partial charge in [0.1, 0.15) is 23.6 Å². The van der Waals surface area contributed by atoms with Crippen molar-refractivity contribution in [2.75, 3.05) is 6.61 Å². The Morgan fingerprint density at radius 3 is 1.98 bits per heavy atom. The Morgan fingerprint density at radius 1 is 0.833 bits per heavy atom. The van der Waals surface area contributed by atoms with Crippen molar-refractivity contribution in [1.82, 2.24) is 4.98 Å². The molecule has 0 aliphatic rings. The number of nitrogens with zero attached hydrogens (tertiary/aromatic N) is 1. The lowest BCUT2D eigenvalue weighted by molar-refractivity contribution is -0.184. The minimum atomic E-state index is -2.77. The molecule has 0 fully saturated rings. The standard InChI is InChI=1S/C32H36BrNO8/c1-8-39-25(35)18-32(28(37)41-30(2,3)4,29(38)42-31(5,6)7)27(36)26-24(40-19-20-13-10-9-11-14-20)17-21-22(33)15-12-16-23(21)34-26/h9-17H,8,18-19H2,1-7H3. The van der Waals surface area contributed by atoms with Gasteiger partial charge in [-0.3, -0.25) is 19.2 Å². The molecule has 0 aliphatic carbocycles. The number of benzene rings is 2. The van der Waals surface area contributed by atoms with E-state index < -0.39 is 46.7 Å². The van der Waals surface area contributed by atoms with Crippen LogP contribution in [0.1, 0.15) is 70.9 Å². The van der Waals surface area contributed by atoms with E-state index in [9.17, 15) is 19.2 Å². The first-order valence-electron chi connectivity index (χ1n) is 13.5. The Bertz CT molecular complexity index is 1440. The molecule has 10 heteroatoms. The first-order chi connectivity index (χ1) is 19.6. The number of carbonyl (C=O) groups excluding carboxylic acids is 4. The summed E-state index contributed by atoms with van der Waals surface area (Å²) in [5.41, 5.74) is -4.15. The number of Topliss-reactive ketones (excluding diaryl/α,β-unsaturated/α-hetero) is 1. The van der Waals surface area contributed by atoms with E-state index in [0.717, 1.165) is 5.56 Å². The lowest BCUT2D eigenvalue weighted by Crippen LogP contribution is -2.53. The van der Waals surface area contributed by atoms with Crippen LogP contribution in [0.3, 0.4) is 0 Å². The minimum absolute atomic E-state index is 0.00334. The van der Waals surface area contributed by atoms with E-state index in [0.29, 0.717) is 15.4 Å². The number of rotatable bonds is 10. The Hall–Kier alpha value is -3.79. The Balaban J connectivity index is 2.30. The van der Waals surface area contributed by atoms with Gasteiger partial charge in [-0.25, -0.2) is 4.98 Å². The van der Waals surface area contributed by atoms with Gasteiger partial charge in [0, 0.05) is 9.86 Å². The smallest absolute Gasteiger partial charge is 0.332 e. The van der Waals surface area contributed by atoms with E-state index in [-0.39, 0.29) is 24.7 Å². The molecule has 0 atom stereocenters. The zero-order valence-corrected chi connectivity index (χ0v) is 26.5. The highest BCUT2D eigenvalue weighted by molar-refractivity contribution is 9.10. The topological polar surface area (TPSA) is 118 Å². The van der Waals surface area contributed by atoms with Crippen LogP contribution >= 0.6 is 15.9 Å². The van der Waals surface area contributed by atoms with E-state index >= 15 is 0 Å². The molecule has 42 heavy (non-hydrogen) atoms. The summed E-state index contributed by atoms with van der Waals surface area (Å²) in [6.07, 6.45) is -0.959. The highest BCUT2D eigenvalue weighted by atomic mass is 79.9. The van der Waals surface area contributed by atoms with E-state index in [1.54, 1.807) is 72.7 Å². The van der Waals surface area contributed by atoms with Gasteiger partial charge in [0.2, 0.25) is 11.2 Å². The van der Waals surface area contributed by atoms with Crippen LogP contribution in [-0.4, -0.2) is 46.5 Å². The molecule has 3 rings (SSSR count). The van der Waals surface area contributed by atoms with Crippen molar-refractivity contribution < 1.29 is 38.1 Å². The van der Waals surface area contributed by atoms with Gasteiger partial charge >= 0.3 is 17.9 Å². The van der Waals surface area contributed by atoms with Crippen molar-refractivity contribution >= 4 is 50.5 Å². The second-order valence-electron chi connectivity index (χ2n) is 11.6. The van der Waals surface area contributed by atoms with Crippen LogP contribution in [0.15, 0.2) is 59.1 Å². The summed E-state index contributed by atoms with van der Waals surface area (Å²) in [6.45, 7) is 11.1. The molecule has 224 valence electrons. The minimum Gasteiger partial charge on any atom is -0.486 e. The number of hydrogen-bond donors (Lipinski definition) is 0. The number of ketones is 1. The zero-order chi connectivity index (χ0) is 31.3. The van der Waals surface area contributed by atoms with Gasteiger partial charge in [-0.15, -0.1) is 0 Å². The number of ether oxygens (including phenoxy) is 4. The fourth-order valence-electron chi connectivity index (χ4n) is 4.00. The van der Waals surface area contributed by atoms with Gasteiger partial charge in [-0.2, -0.15) is 0 Å². The third kappa shape index (κ3) is 7.94. The Morgan fingerprint density at radius 2 is 1.43 bits per heavy atom. The monoisotopic (exact) mass is 641 g/mol. The first-order valence-corrected chi connectivity index (χ1v) is 14.3. The van der Waals surface area contributed by atoms with Crippen LogP contribution in [0.5, 0.6) is 5.75 Å². The molecule has 1 heterocycles. The van der Waals surface area contributed by atoms with E-state index in [1.165, 1.54) is 0 Å². The van der Waals surface area contributed by atoms with Gasteiger partial charge < -0.3 is 18.9 Å². The molecule has 0 amide bonds. The summed E-state index contributed by atoms with van der Waals surface area (Å²) in [4.78, 5) is 60.0. The number of aromatic nitrogens is 1. The molecule has 0 spiro atoms. The first kappa shape index (κ1) is 32.7. The highest BCUT2D eigenvalue weighted by Crippen LogP contribution is 2.38. The number of esters is 3. The molecule has 0 radical (unpaired) electrons. The summed E-state index contributed by atoms with van der Waals surface area (Å²) in [5, 5.41) is 0.627. The molecule has 9 nitrogen and oxygen atoms in total. The molecule has 0 N–H and O–H groups in total. The Kier molecular flexibility index (Phi) is 10.1. The number of halogens is 1. The maximum absolute atomic E-state index is 14.7. The average Bonchev–Trinajstić information content (AvgIpc) is 2.88. The van der Waals surface area contributed by atoms with Crippen LogP contribution in [0, 0.1) is 5.41 Å².